The number of aromatic nitrogens is 2. The van der Waals surface area contributed by atoms with Gasteiger partial charge in [-0.3, -0.25) is 9.79 Å². The van der Waals surface area contributed by atoms with Crippen LogP contribution in [0.3, 0.4) is 0 Å². The number of rotatable bonds is 8. The van der Waals surface area contributed by atoms with E-state index in [4.69, 9.17) is 0 Å². The zero-order chi connectivity index (χ0) is 26.1. The summed E-state index contributed by atoms with van der Waals surface area (Å²) in [6.07, 6.45) is 6.12. The van der Waals surface area contributed by atoms with Gasteiger partial charge >= 0.3 is 5.97 Å². The number of carbonyl (C=O) groups excluding carboxylic acids is 2. The van der Waals surface area contributed by atoms with Crippen LogP contribution in [0.2, 0.25) is 0 Å². The first-order valence-electron chi connectivity index (χ1n) is 10.8. The van der Waals surface area contributed by atoms with Gasteiger partial charge in [-0.2, -0.15) is 0 Å². The fraction of sp³-hybridized carbons (Fsp3) is 0.154. The second-order valence-corrected chi connectivity index (χ2v) is 7.55. The molecule has 1 amide bonds. The van der Waals surface area contributed by atoms with Crippen molar-refractivity contribution in [3.63, 3.8) is 0 Å². The van der Waals surface area contributed by atoms with Crippen LogP contribution < -0.4 is 10.2 Å². The second kappa shape index (κ2) is 12.1. The summed E-state index contributed by atoms with van der Waals surface area (Å²) in [5.74, 6) is 0.0255. The van der Waals surface area contributed by atoms with E-state index in [9.17, 15) is 14.0 Å². The number of hydrogen-bond acceptors (Lipinski definition) is 7. The minimum Gasteiger partial charge on any atom is -0.465 e. The molecule has 10 heteroatoms. The first-order valence-corrected chi connectivity index (χ1v) is 10.8. The summed E-state index contributed by atoms with van der Waals surface area (Å²) < 4.78 is 19.6. The van der Waals surface area contributed by atoms with Crippen molar-refractivity contribution >= 4 is 36.1 Å². The van der Waals surface area contributed by atoms with Crippen LogP contribution >= 0.6 is 0 Å². The van der Waals surface area contributed by atoms with Crippen molar-refractivity contribution in [2.24, 2.45) is 9.98 Å². The van der Waals surface area contributed by atoms with Crippen molar-refractivity contribution in [3.8, 4) is 11.1 Å². The van der Waals surface area contributed by atoms with E-state index in [0.717, 1.165) is 17.2 Å². The number of nitrogens with one attached hydrogen (secondary N) is 1. The molecule has 0 saturated carbocycles. The van der Waals surface area contributed by atoms with Crippen LogP contribution in [0.25, 0.3) is 11.1 Å². The number of ether oxygens (including phenoxy) is 1. The number of hydrogen-bond donors (Lipinski definition) is 1. The van der Waals surface area contributed by atoms with Crippen LogP contribution in [-0.2, 0) is 16.1 Å². The first kappa shape index (κ1) is 25.9. The molecule has 0 aliphatic carbocycles. The molecule has 0 spiro atoms. The average Bonchev–Trinajstić information content (AvgIpc) is 2.87. The number of anilines is 2. The number of esters is 1. The number of aliphatic imine (C=N–C) groups is 2. The SMILES string of the molecule is C=N/C=C\N=C(/C)N(Cc1ccc(C(=O)OC)cc1F)c1cc(-c2ccnc(NC(C)=O)c2)ccn1. The normalized spacial score (nSPS) is 11.3. The maximum atomic E-state index is 14.9. The van der Waals surface area contributed by atoms with Crippen molar-refractivity contribution in [2.45, 2.75) is 20.4 Å². The molecule has 3 aromatic rings. The molecule has 0 saturated heterocycles. The number of halogens is 1. The van der Waals surface area contributed by atoms with Gasteiger partial charge in [-0.15, -0.1) is 0 Å². The van der Waals surface area contributed by atoms with Crippen LogP contribution in [-0.4, -0.2) is 41.5 Å². The zero-order valence-electron chi connectivity index (χ0n) is 20.1. The van der Waals surface area contributed by atoms with Crippen molar-refractivity contribution in [1.82, 2.24) is 9.97 Å². The van der Waals surface area contributed by atoms with Crippen molar-refractivity contribution in [3.05, 3.63) is 84.2 Å². The lowest BCUT2D eigenvalue weighted by molar-refractivity contribution is -0.114. The Balaban J connectivity index is 2.01. The highest BCUT2D eigenvalue weighted by Crippen LogP contribution is 2.26. The predicted octanol–water partition coefficient (Wildman–Crippen LogP) is 4.62. The van der Waals surface area contributed by atoms with Gasteiger partial charge in [0, 0.05) is 37.3 Å². The molecule has 0 radical (unpaired) electrons. The van der Waals surface area contributed by atoms with Crippen LogP contribution in [0.15, 0.2) is 77.2 Å². The Morgan fingerprint density at radius 2 is 1.81 bits per heavy atom. The van der Waals surface area contributed by atoms with Gasteiger partial charge in [-0.1, -0.05) is 6.07 Å². The topological polar surface area (TPSA) is 109 Å². The zero-order valence-corrected chi connectivity index (χ0v) is 20.1. The third-order valence-electron chi connectivity index (χ3n) is 5.05. The van der Waals surface area contributed by atoms with Crippen molar-refractivity contribution < 1.29 is 18.7 Å². The minimum absolute atomic E-state index is 0.0852. The van der Waals surface area contributed by atoms with Crippen molar-refractivity contribution in [1.29, 1.82) is 0 Å². The fourth-order valence-electron chi connectivity index (χ4n) is 3.31. The van der Waals surface area contributed by atoms with Crippen LogP contribution in [0.5, 0.6) is 0 Å². The maximum Gasteiger partial charge on any atom is 0.337 e. The average molecular weight is 489 g/mol. The molecule has 36 heavy (non-hydrogen) atoms. The second-order valence-electron chi connectivity index (χ2n) is 7.55. The number of amidine groups is 1. The standard InChI is InChI=1S/C26H25FN6O3/c1-17(29-12-11-28-3)33(16-22-6-5-21(13-23(22)27)26(35)36-4)25-15-20(8-10-31-25)19-7-9-30-24(14-19)32-18(2)34/h5-15H,3,16H2,1-2,4H3,(H,30,32,34)/b12-11-,29-17+. The minimum atomic E-state index is -0.623. The number of carbonyl (C=O) groups is 2. The van der Waals surface area contributed by atoms with Gasteiger partial charge in [0.2, 0.25) is 5.91 Å². The molecule has 0 atom stereocenters. The lowest BCUT2D eigenvalue weighted by Gasteiger charge is -2.24. The largest absolute Gasteiger partial charge is 0.465 e. The molecule has 2 heterocycles. The monoisotopic (exact) mass is 488 g/mol. The third-order valence-corrected chi connectivity index (χ3v) is 5.05. The lowest BCUT2D eigenvalue weighted by atomic mass is 10.1. The summed E-state index contributed by atoms with van der Waals surface area (Å²) in [7, 11) is 1.24. The Morgan fingerprint density at radius 3 is 2.47 bits per heavy atom. The fourth-order valence-corrected chi connectivity index (χ4v) is 3.31. The van der Waals surface area contributed by atoms with Gasteiger partial charge in [0.25, 0.3) is 0 Å². The van der Waals surface area contributed by atoms with Crippen molar-refractivity contribution in [2.75, 3.05) is 17.3 Å². The number of nitrogens with zero attached hydrogens (tertiary/aromatic N) is 5. The number of pyridine rings is 2. The third kappa shape index (κ3) is 6.66. The quantitative estimate of drug-likeness (QED) is 0.281. The highest BCUT2D eigenvalue weighted by Gasteiger charge is 2.17. The summed E-state index contributed by atoms with van der Waals surface area (Å²) in [6, 6.07) is 11.3. The number of benzene rings is 1. The Kier molecular flexibility index (Phi) is 8.71. The molecular formula is C26H25FN6O3. The molecule has 2 aromatic heterocycles. The molecule has 3 rings (SSSR count). The molecule has 0 unspecified atom stereocenters. The molecule has 0 aliphatic rings. The number of methoxy groups -OCH3 is 1. The van der Waals surface area contributed by atoms with E-state index in [1.54, 1.807) is 36.4 Å². The van der Waals surface area contributed by atoms with E-state index < -0.39 is 11.8 Å². The lowest BCUT2D eigenvalue weighted by Crippen LogP contribution is -2.29. The van der Waals surface area contributed by atoms with E-state index in [1.807, 2.05) is 12.1 Å². The van der Waals surface area contributed by atoms with Crippen LogP contribution in [0.1, 0.15) is 29.8 Å². The van der Waals surface area contributed by atoms with Gasteiger partial charge in [0.1, 0.15) is 23.3 Å². The molecule has 0 fully saturated rings. The first-order chi connectivity index (χ1) is 17.3. The van der Waals surface area contributed by atoms with E-state index >= 15 is 0 Å². The Bertz CT molecular complexity index is 1340. The molecule has 9 nitrogen and oxygen atoms in total. The Hall–Kier alpha value is -4.73. The summed E-state index contributed by atoms with van der Waals surface area (Å²) in [5.41, 5.74) is 2.04. The molecular weight excluding hydrogens is 463 g/mol. The molecule has 1 aromatic carbocycles. The summed E-state index contributed by atoms with van der Waals surface area (Å²) in [6.45, 7) is 6.64. The van der Waals surface area contributed by atoms with Crippen LogP contribution in [0, 0.1) is 5.82 Å². The van der Waals surface area contributed by atoms with Gasteiger partial charge < -0.3 is 15.0 Å². The van der Waals surface area contributed by atoms with Gasteiger partial charge in [-0.25, -0.2) is 24.1 Å². The summed E-state index contributed by atoms with van der Waals surface area (Å²) in [4.78, 5) is 41.5. The molecule has 0 aliphatic heterocycles. The summed E-state index contributed by atoms with van der Waals surface area (Å²) in [5, 5.41) is 2.66. The van der Waals surface area contributed by atoms with E-state index in [1.165, 1.54) is 38.6 Å². The molecule has 1 N–H and O–H groups in total. The van der Waals surface area contributed by atoms with Gasteiger partial charge in [0.05, 0.1) is 19.2 Å². The highest BCUT2D eigenvalue weighted by atomic mass is 19.1. The van der Waals surface area contributed by atoms with Gasteiger partial charge in [-0.05, 0) is 61.2 Å². The van der Waals surface area contributed by atoms with Crippen LogP contribution in [0.4, 0.5) is 16.0 Å². The van der Waals surface area contributed by atoms with E-state index in [-0.39, 0.29) is 18.0 Å². The molecule has 0 bridgehead atoms. The maximum absolute atomic E-state index is 14.9. The Morgan fingerprint density at radius 1 is 1.08 bits per heavy atom. The van der Waals surface area contributed by atoms with Gasteiger partial charge in [0.15, 0.2) is 0 Å². The smallest absolute Gasteiger partial charge is 0.337 e. The predicted molar refractivity (Wildman–Crippen MR) is 137 cm³/mol. The highest BCUT2D eigenvalue weighted by molar-refractivity contribution is 5.96. The molecule has 184 valence electrons. The number of amides is 1. The summed E-state index contributed by atoms with van der Waals surface area (Å²) >= 11 is 0. The van der Waals surface area contributed by atoms with E-state index in [0.29, 0.717) is 23.0 Å². The van der Waals surface area contributed by atoms with E-state index in [2.05, 4.69) is 36.7 Å². The Labute approximate surface area is 208 Å².